The second kappa shape index (κ2) is 8.88. The highest BCUT2D eigenvalue weighted by molar-refractivity contribution is 8.03. The van der Waals surface area contributed by atoms with Crippen LogP contribution in [0.2, 0.25) is 0 Å². The topological polar surface area (TPSA) is 113 Å². The first-order valence-corrected chi connectivity index (χ1v) is 13.5. The summed E-state index contributed by atoms with van der Waals surface area (Å²) < 4.78 is 61.8. The summed E-state index contributed by atoms with van der Waals surface area (Å²) in [6.07, 6.45) is 0.438. The van der Waals surface area contributed by atoms with Crippen molar-refractivity contribution in [2.75, 3.05) is 29.6 Å². The minimum absolute atomic E-state index is 0.0122. The van der Waals surface area contributed by atoms with Crippen molar-refractivity contribution in [1.82, 2.24) is 0 Å². The molecule has 2 heterocycles. The van der Waals surface area contributed by atoms with Crippen LogP contribution in [-0.4, -0.2) is 54.6 Å². The molecule has 0 radical (unpaired) electrons. The number of hydrogen-bond donors (Lipinski definition) is 1. The Hall–Kier alpha value is -2.76. The normalized spacial score (nSPS) is 23.2. The van der Waals surface area contributed by atoms with Crippen molar-refractivity contribution in [3.05, 3.63) is 65.5 Å². The van der Waals surface area contributed by atoms with Crippen LogP contribution >= 0.6 is 0 Å². The highest BCUT2D eigenvalue weighted by atomic mass is 32.3. The maximum absolute atomic E-state index is 14.9. The summed E-state index contributed by atoms with van der Waals surface area (Å²) in [6, 6.07) is 10.4. The average molecular weight is 495 g/mol. The fourth-order valence-corrected chi connectivity index (χ4v) is 7.65. The van der Waals surface area contributed by atoms with Crippen LogP contribution in [0.4, 0.5) is 14.9 Å². The quantitative estimate of drug-likeness (QED) is 0.683. The number of carbonyl (C=O) groups is 1. The molecule has 0 bridgehead atoms. The average Bonchev–Trinajstić information content (AvgIpc) is 3.15. The maximum atomic E-state index is 14.9. The summed E-state index contributed by atoms with van der Waals surface area (Å²) in [5.41, 5.74) is 2.08. The number of aliphatic hydroxyl groups is 1. The number of nitrogens with zero attached hydrogens (tertiary/aromatic N) is 2. The summed E-state index contributed by atoms with van der Waals surface area (Å²) in [5.74, 6) is -0.691. The van der Waals surface area contributed by atoms with Gasteiger partial charge in [-0.15, -0.1) is 3.77 Å². The van der Waals surface area contributed by atoms with E-state index >= 15 is 0 Å². The lowest BCUT2D eigenvalue weighted by Gasteiger charge is -2.19. The van der Waals surface area contributed by atoms with Gasteiger partial charge in [0.1, 0.15) is 11.9 Å². The summed E-state index contributed by atoms with van der Waals surface area (Å²) in [4.78, 5) is 13.1. The van der Waals surface area contributed by atoms with Gasteiger partial charge < -0.3 is 9.84 Å². The first kappa shape index (κ1) is 23.4. The Balaban J connectivity index is 1.55. The van der Waals surface area contributed by atoms with Crippen molar-refractivity contribution in [2.24, 2.45) is 3.77 Å². The van der Waals surface area contributed by atoms with Crippen molar-refractivity contribution < 1.29 is 31.7 Å². The van der Waals surface area contributed by atoms with E-state index in [9.17, 15) is 21.8 Å². The monoisotopic (exact) mass is 494 g/mol. The zero-order valence-corrected chi connectivity index (χ0v) is 19.4. The molecule has 2 aliphatic heterocycles. The van der Waals surface area contributed by atoms with Crippen molar-refractivity contribution in [2.45, 2.75) is 24.3 Å². The van der Waals surface area contributed by atoms with Gasteiger partial charge in [0, 0.05) is 11.3 Å². The van der Waals surface area contributed by atoms with Crippen LogP contribution in [0, 0.1) is 12.7 Å². The lowest BCUT2D eigenvalue weighted by molar-refractivity contribution is 0.0963. The lowest BCUT2D eigenvalue weighted by Crippen LogP contribution is -2.25. The lowest BCUT2D eigenvalue weighted by atomic mass is 10.0. The molecule has 2 aromatic carbocycles. The minimum atomic E-state index is -4.07. The minimum Gasteiger partial charge on any atom is -0.441 e. The van der Waals surface area contributed by atoms with Crippen LogP contribution in [0.1, 0.15) is 17.5 Å². The van der Waals surface area contributed by atoms with Crippen LogP contribution in [0.3, 0.4) is 0 Å². The van der Waals surface area contributed by atoms with E-state index in [4.69, 9.17) is 9.84 Å². The van der Waals surface area contributed by atoms with Gasteiger partial charge in [-0.1, -0.05) is 23.8 Å². The highest BCUT2D eigenvalue weighted by Crippen LogP contribution is 2.31. The van der Waals surface area contributed by atoms with E-state index in [0.717, 1.165) is 5.56 Å². The molecule has 176 valence electrons. The number of allylic oxidation sites excluding steroid dienone is 1. The highest BCUT2D eigenvalue weighted by Gasteiger charge is 2.32. The molecule has 2 atom stereocenters. The van der Waals surface area contributed by atoms with E-state index in [0.29, 0.717) is 11.3 Å². The zero-order chi connectivity index (χ0) is 23.8. The summed E-state index contributed by atoms with van der Waals surface area (Å²) in [5, 5.41) is 9.15. The molecular weight excluding hydrogens is 471 g/mol. The number of aliphatic hydroxyl groups excluding tert-OH is 1. The van der Waals surface area contributed by atoms with Crippen LogP contribution in [0.15, 0.2) is 57.2 Å². The Morgan fingerprint density at radius 3 is 2.55 bits per heavy atom. The zero-order valence-electron chi connectivity index (χ0n) is 17.8. The number of carbonyl (C=O) groups excluding carboxylic acids is 1. The van der Waals surface area contributed by atoms with Crippen LogP contribution in [0.25, 0.3) is 5.57 Å². The number of benzene rings is 2. The van der Waals surface area contributed by atoms with Gasteiger partial charge in [0.15, 0.2) is 0 Å². The van der Waals surface area contributed by atoms with Crippen LogP contribution in [-0.2, 0) is 24.5 Å². The second-order valence-electron chi connectivity index (χ2n) is 7.95. The number of ether oxygens (including phenoxy) is 1. The number of aryl methyl sites for hydroxylation is 1. The van der Waals surface area contributed by atoms with E-state index in [2.05, 4.69) is 3.77 Å². The second-order valence-corrected chi connectivity index (χ2v) is 12.3. The largest absolute Gasteiger partial charge is 0.441 e. The molecule has 2 aromatic rings. The Kier molecular flexibility index (Phi) is 6.30. The van der Waals surface area contributed by atoms with Crippen molar-refractivity contribution >= 4 is 37.1 Å². The van der Waals surface area contributed by atoms with Gasteiger partial charge in [-0.25, -0.2) is 13.4 Å². The Morgan fingerprint density at radius 2 is 1.97 bits per heavy atom. The van der Waals surface area contributed by atoms with Crippen molar-refractivity contribution in [3.8, 4) is 0 Å². The third-order valence-electron chi connectivity index (χ3n) is 5.52. The molecule has 0 spiro atoms. The van der Waals surface area contributed by atoms with E-state index < -0.39 is 37.8 Å². The molecule has 2 aliphatic rings. The molecule has 1 saturated heterocycles. The standard InChI is InChI=1S/C22H23FN2O6S2/c1-15-2-5-19(6-3-15)33(29,30)24-32(28)10-8-16(9-11-32)20-7-4-17(12-21(20)23)25-13-18(14-26)31-22(25)27/h2-8,12,18,26H,9-11,13-14H2,1H3/t18-,32?/m1/s1. The molecule has 11 heteroatoms. The molecule has 1 amide bonds. The summed E-state index contributed by atoms with van der Waals surface area (Å²) in [7, 11) is -7.13. The van der Waals surface area contributed by atoms with Crippen molar-refractivity contribution in [1.29, 1.82) is 0 Å². The molecule has 1 N–H and O–H groups in total. The Bertz CT molecular complexity index is 1350. The number of cyclic esters (lactones) is 1. The molecular formula is C22H23FN2O6S2. The molecule has 0 aromatic heterocycles. The van der Waals surface area contributed by atoms with Crippen molar-refractivity contribution in [3.63, 3.8) is 0 Å². The predicted octanol–water partition coefficient (Wildman–Crippen LogP) is 3.10. The van der Waals surface area contributed by atoms with Gasteiger partial charge in [0.2, 0.25) is 0 Å². The summed E-state index contributed by atoms with van der Waals surface area (Å²) >= 11 is 0. The molecule has 1 fully saturated rings. The van der Waals surface area contributed by atoms with Crippen LogP contribution in [0.5, 0.6) is 0 Å². The molecule has 1 unspecified atom stereocenters. The number of amides is 1. The third kappa shape index (κ3) is 4.94. The van der Waals surface area contributed by atoms with E-state index in [1.54, 1.807) is 24.3 Å². The fourth-order valence-electron chi connectivity index (χ4n) is 3.69. The summed E-state index contributed by atoms with van der Waals surface area (Å²) in [6.45, 7) is 1.63. The van der Waals surface area contributed by atoms with E-state index in [1.807, 2.05) is 6.92 Å². The number of sulfonamides is 1. The third-order valence-corrected chi connectivity index (χ3v) is 9.79. The molecule has 8 nitrogen and oxygen atoms in total. The number of anilines is 1. The first-order valence-electron chi connectivity index (χ1n) is 10.2. The Morgan fingerprint density at radius 1 is 1.24 bits per heavy atom. The first-order chi connectivity index (χ1) is 15.6. The molecule has 33 heavy (non-hydrogen) atoms. The van der Waals surface area contributed by atoms with Gasteiger partial charge in [-0.3, -0.25) is 4.90 Å². The fraction of sp³-hybridized carbons (Fsp3) is 0.318. The smallest absolute Gasteiger partial charge is 0.414 e. The van der Waals surface area contributed by atoms with E-state index in [-0.39, 0.29) is 41.5 Å². The van der Waals surface area contributed by atoms with Gasteiger partial charge in [0.05, 0.1) is 39.2 Å². The molecule has 4 rings (SSSR count). The number of halogens is 1. The SMILES string of the molecule is Cc1ccc(S(=O)(=O)N=S2(=O)CC=C(c3ccc(N4C[C@H](CO)OC4=O)cc3F)CC2)cc1. The number of hydrogen-bond acceptors (Lipinski definition) is 6. The Labute approximate surface area is 191 Å². The van der Waals surface area contributed by atoms with Gasteiger partial charge in [0.25, 0.3) is 10.0 Å². The molecule has 0 saturated carbocycles. The van der Waals surface area contributed by atoms with Gasteiger partial charge >= 0.3 is 6.09 Å². The van der Waals surface area contributed by atoms with Gasteiger partial charge in [-0.2, -0.15) is 8.42 Å². The van der Waals surface area contributed by atoms with E-state index in [1.165, 1.54) is 29.2 Å². The maximum Gasteiger partial charge on any atom is 0.414 e. The van der Waals surface area contributed by atoms with Crippen LogP contribution < -0.4 is 4.90 Å². The number of rotatable bonds is 5. The predicted molar refractivity (Wildman–Crippen MR) is 122 cm³/mol. The van der Waals surface area contributed by atoms with Gasteiger partial charge in [-0.05, 0) is 49.2 Å². The molecule has 0 aliphatic carbocycles.